The number of pyridine rings is 1. The monoisotopic (exact) mass is 537 g/mol. The summed E-state index contributed by atoms with van der Waals surface area (Å²) in [5, 5.41) is 2.93. The van der Waals surface area contributed by atoms with E-state index in [9.17, 15) is 19.2 Å². The second-order valence-electron chi connectivity index (χ2n) is 8.39. The Bertz CT molecular complexity index is 1370. The summed E-state index contributed by atoms with van der Waals surface area (Å²) in [5.41, 5.74) is 1.61. The van der Waals surface area contributed by atoms with Crippen LogP contribution in [0.4, 0.5) is 5.69 Å². The number of anilines is 1. The van der Waals surface area contributed by atoms with E-state index >= 15 is 0 Å². The molecule has 0 spiro atoms. The molecular weight excluding hydrogens is 514 g/mol. The van der Waals surface area contributed by atoms with Crippen LogP contribution in [0.25, 0.3) is 0 Å². The third kappa shape index (κ3) is 6.27. The van der Waals surface area contributed by atoms with Crippen molar-refractivity contribution in [3.05, 3.63) is 83.1 Å². The van der Waals surface area contributed by atoms with Crippen LogP contribution in [0.5, 0.6) is 11.5 Å². The summed E-state index contributed by atoms with van der Waals surface area (Å²) in [6.07, 6.45) is -0.453. The van der Waals surface area contributed by atoms with Crippen LogP contribution < -0.4 is 15.0 Å². The molecule has 2 atom stereocenters. The molecule has 2 amide bonds. The fourth-order valence-electron chi connectivity index (χ4n) is 3.89. The predicted octanol–water partition coefficient (Wildman–Crippen LogP) is 3.55. The number of benzene rings is 2. The minimum Gasteiger partial charge on any atom is -0.455 e. The van der Waals surface area contributed by atoms with Gasteiger partial charge in [0, 0.05) is 43.4 Å². The average molecular weight is 538 g/mol. The Morgan fingerprint density at radius 1 is 1.00 bits per heavy atom. The van der Waals surface area contributed by atoms with Crippen molar-refractivity contribution >= 4 is 41.0 Å². The van der Waals surface area contributed by atoms with Crippen molar-refractivity contribution in [3.63, 3.8) is 0 Å². The first-order valence-electron chi connectivity index (χ1n) is 11.6. The van der Waals surface area contributed by atoms with Gasteiger partial charge in [-0.2, -0.15) is 0 Å². The third-order valence-electron chi connectivity index (χ3n) is 5.55. The van der Waals surface area contributed by atoms with Gasteiger partial charge in [0.05, 0.1) is 12.2 Å². The number of nitrogens with zero attached hydrogens (tertiary/aromatic N) is 2. The van der Waals surface area contributed by atoms with Crippen molar-refractivity contribution in [2.24, 2.45) is 0 Å². The molecule has 1 N–H and O–H groups in total. The molecule has 1 aliphatic rings. The van der Waals surface area contributed by atoms with E-state index in [1.807, 2.05) is 0 Å². The minimum atomic E-state index is -1.80. The summed E-state index contributed by atoms with van der Waals surface area (Å²) in [6, 6.07) is 15.2. The number of carbonyl (C=O) groups excluding carboxylic acids is 4. The lowest BCUT2D eigenvalue weighted by molar-refractivity contribution is -0.174. The zero-order chi connectivity index (χ0) is 27.2. The van der Waals surface area contributed by atoms with Crippen LogP contribution in [-0.2, 0) is 41.7 Å². The lowest BCUT2D eigenvalue weighted by Gasteiger charge is -2.30. The summed E-state index contributed by atoms with van der Waals surface area (Å²) < 4.78 is 16.6. The highest BCUT2D eigenvalue weighted by molar-refractivity contribution is 6.31. The molecule has 10 nitrogen and oxygen atoms in total. The highest BCUT2D eigenvalue weighted by Crippen LogP contribution is 2.40. The average Bonchev–Trinajstić information content (AvgIpc) is 3.05. The van der Waals surface area contributed by atoms with Gasteiger partial charge in [0.1, 0.15) is 5.75 Å². The lowest BCUT2D eigenvalue weighted by Crippen LogP contribution is -2.54. The summed E-state index contributed by atoms with van der Waals surface area (Å²) in [6.45, 7) is 2.21. The van der Waals surface area contributed by atoms with Gasteiger partial charge in [-0.15, -0.1) is 0 Å². The molecule has 0 fully saturated rings. The number of nitrogens with one attached hydrogen (secondary N) is 1. The normalized spacial score (nSPS) is 13.5. The highest BCUT2D eigenvalue weighted by atomic mass is 35.5. The molecule has 1 aliphatic heterocycles. The largest absolute Gasteiger partial charge is 0.455 e. The fourth-order valence-corrected chi connectivity index (χ4v) is 4.06. The molecule has 0 radical (unpaired) electrons. The number of ether oxygens (including phenoxy) is 3. The van der Waals surface area contributed by atoms with Crippen molar-refractivity contribution in [2.75, 3.05) is 4.90 Å². The molecule has 0 saturated carbocycles. The van der Waals surface area contributed by atoms with Crippen molar-refractivity contribution in [1.29, 1.82) is 0 Å². The summed E-state index contributed by atoms with van der Waals surface area (Å²) in [7, 11) is 0. The van der Waals surface area contributed by atoms with Gasteiger partial charge in [-0.25, -0.2) is 0 Å². The number of amides is 2. The van der Waals surface area contributed by atoms with E-state index in [1.54, 1.807) is 60.9 Å². The second-order valence-corrected chi connectivity index (χ2v) is 8.82. The standard InChI is InChI=1S/C27H24ClN3O7/c1-16(32)36-24(26(34)30-14-18-6-5-11-29-13-18)25(37-17(2)33)27(35)31-15-19-7-3-4-8-22(19)38-23-10-9-20(28)12-21(23)31/h3-13,24-25H,14-15H2,1-2H3,(H,30,34). The zero-order valence-electron chi connectivity index (χ0n) is 20.5. The van der Waals surface area contributed by atoms with Crippen molar-refractivity contribution in [1.82, 2.24) is 10.3 Å². The van der Waals surface area contributed by atoms with E-state index in [4.69, 9.17) is 25.8 Å². The molecule has 196 valence electrons. The number of carbonyl (C=O) groups is 4. The molecule has 2 aromatic carbocycles. The molecule has 0 aliphatic carbocycles. The van der Waals surface area contributed by atoms with Gasteiger partial charge in [-0.1, -0.05) is 35.9 Å². The molecule has 2 unspecified atom stereocenters. The van der Waals surface area contributed by atoms with Gasteiger partial charge in [-0.05, 0) is 35.9 Å². The predicted molar refractivity (Wildman–Crippen MR) is 136 cm³/mol. The Morgan fingerprint density at radius 2 is 1.74 bits per heavy atom. The van der Waals surface area contributed by atoms with Crippen LogP contribution in [0.1, 0.15) is 25.0 Å². The molecule has 0 bridgehead atoms. The maximum atomic E-state index is 14.0. The molecular formula is C27H24ClN3O7. The zero-order valence-corrected chi connectivity index (χ0v) is 21.3. The molecule has 4 rings (SSSR count). The number of aromatic nitrogens is 1. The maximum absolute atomic E-state index is 14.0. The third-order valence-corrected chi connectivity index (χ3v) is 5.79. The first-order valence-corrected chi connectivity index (χ1v) is 12.0. The molecule has 2 heterocycles. The van der Waals surface area contributed by atoms with Gasteiger partial charge in [-0.3, -0.25) is 24.2 Å². The first kappa shape index (κ1) is 26.6. The van der Waals surface area contributed by atoms with E-state index in [0.717, 1.165) is 13.8 Å². The Labute approximate surface area is 223 Å². The van der Waals surface area contributed by atoms with Crippen LogP contribution in [-0.4, -0.2) is 40.9 Å². The second kappa shape index (κ2) is 11.7. The topological polar surface area (TPSA) is 124 Å². The SMILES string of the molecule is CC(=O)OC(C(=O)NCc1cccnc1)C(OC(C)=O)C(=O)N1Cc2ccccc2Oc2ccc(Cl)cc21. The van der Waals surface area contributed by atoms with Crippen LogP contribution in [0, 0.1) is 0 Å². The number of esters is 2. The van der Waals surface area contributed by atoms with E-state index in [2.05, 4.69) is 10.3 Å². The summed E-state index contributed by atoms with van der Waals surface area (Å²) >= 11 is 6.24. The summed E-state index contributed by atoms with van der Waals surface area (Å²) in [5.74, 6) is -2.50. The Hall–Kier alpha value is -4.44. The van der Waals surface area contributed by atoms with Crippen LogP contribution in [0.15, 0.2) is 67.0 Å². The van der Waals surface area contributed by atoms with E-state index in [0.29, 0.717) is 27.6 Å². The number of halogens is 1. The fraction of sp³-hybridized carbons (Fsp3) is 0.222. The highest BCUT2D eigenvalue weighted by Gasteiger charge is 2.43. The Balaban J connectivity index is 1.71. The van der Waals surface area contributed by atoms with Crippen LogP contribution in [0.2, 0.25) is 5.02 Å². The van der Waals surface area contributed by atoms with Gasteiger partial charge < -0.3 is 24.4 Å². The molecule has 3 aromatic rings. The van der Waals surface area contributed by atoms with Gasteiger partial charge >= 0.3 is 11.9 Å². The number of rotatable bonds is 7. The first-order chi connectivity index (χ1) is 18.2. The number of hydrogen-bond acceptors (Lipinski definition) is 8. The molecule has 11 heteroatoms. The molecule has 0 saturated heterocycles. The van der Waals surface area contributed by atoms with E-state index in [1.165, 1.54) is 11.0 Å². The Kier molecular flexibility index (Phi) is 8.22. The molecule has 1 aromatic heterocycles. The quantitative estimate of drug-likeness (QED) is 0.454. The smallest absolute Gasteiger partial charge is 0.303 e. The van der Waals surface area contributed by atoms with Crippen molar-refractivity contribution in [3.8, 4) is 11.5 Å². The van der Waals surface area contributed by atoms with E-state index in [-0.39, 0.29) is 18.8 Å². The van der Waals surface area contributed by atoms with Gasteiger partial charge in [0.25, 0.3) is 11.8 Å². The minimum absolute atomic E-state index is 0.00418. The van der Waals surface area contributed by atoms with Crippen LogP contribution in [0.3, 0.4) is 0 Å². The lowest BCUT2D eigenvalue weighted by atomic mass is 10.1. The number of hydrogen-bond donors (Lipinski definition) is 1. The maximum Gasteiger partial charge on any atom is 0.303 e. The van der Waals surface area contributed by atoms with E-state index < -0.39 is 36.0 Å². The molecule has 38 heavy (non-hydrogen) atoms. The van der Waals surface area contributed by atoms with Crippen LogP contribution >= 0.6 is 11.6 Å². The number of para-hydroxylation sites is 1. The van der Waals surface area contributed by atoms with Gasteiger partial charge in [0.2, 0.25) is 12.2 Å². The van der Waals surface area contributed by atoms with Crippen molar-refractivity contribution < 1.29 is 33.4 Å². The van der Waals surface area contributed by atoms with Gasteiger partial charge in [0.15, 0.2) is 5.75 Å². The Morgan fingerprint density at radius 3 is 2.45 bits per heavy atom. The summed E-state index contributed by atoms with van der Waals surface area (Å²) in [4.78, 5) is 56.6. The number of fused-ring (bicyclic) bond motifs is 2. The van der Waals surface area contributed by atoms with Crippen molar-refractivity contribution in [2.45, 2.75) is 39.1 Å².